The van der Waals surface area contributed by atoms with Crippen molar-refractivity contribution in [3.63, 3.8) is 0 Å². The topological polar surface area (TPSA) is 42.0 Å². The number of nitrogens with one attached hydrogen (secondary N) is 1. The number of hydrogen-bond donors (Lipinski definition) is 1. The molecule has 5 heteroatoms. The normalized spacial score (nSPS) is 12.2. The van der Waals surface area contributed by atoms with E-state index in [9.17, 15) is 4.79 Å². The van der Waals surface area contributed by atoms with Gasteiger partial charge < -0.3 is 5.32 Å². The number of hydrogen-bond acceptors (Lipinski definition) is 3. The molecule has 1 atom stereocenters. The minimum Gasteiger partial charge on any atom is -0.343 e. The summed E-state index contributed by atoms with van der Waals surface area (Å²) in [6, 6.07) is 5.50. The smallest absolute Gasteiger partial charge is 0.251 e. The Morgan fingerprint density at radius 3 is 2.74 bits per heavy atom. The van der Waals surface area contributed by atoms with Crippen LogP contribution in [-0.2, 0) is 0 Å². The second kappa shape index (κ2) is 5.84. The summed E-state index contributed by atoms with van der Waals surface area (Å²) in [5.74, 6) is -0.0732. The molecule has 2 rings (SSSR count). The van der Waals surface area contributed by atoms with Gasteiger partial charge in [-0.15, -0.1) is 11.3 Å². The fourth-order valence-electron chi connectivity index (χ4n) is 1.70. The molecule has 0 saturated carbocycles. The van der Waals surface area contributed by atoms with Crippen LogP contribution in [0.4, 0.5) is 0 Å². The monoisotopic (exact) mass is 338 g/mol. The van der Waals surface area contributed by atoms with E-state index in [1.807, 2.05) is 45.2 Å². The molecule has 0 aliphatic rings. The summed E-state index contributed by atoms with van der Waals surface area (Å²) in [6.07, 6.45) is 1.83. The van der Waals surface area contributed by atoms with E-state index in [-0.39, 0.29) is 11.9 Å². The molecule has 0 aliphatic carbocycles. The number of rotatable bonds is 3. The van der Waals surface area contributed by atoms with Crippen LogP contribution in [0, 0.1) is 13.8 Å². The maximum absolute atomic E-state index is 12.1. The van der Waals surface area contributed by atoms with Gasteiger partial charge in [0.25, 0.3) is 5.91 Å². The van der Waals surface area contributed by atoms with Gasteiger partial charge in [-0.2, -0.15) is 0 Å². The van der Waals surface area contributed by atoms with Gasteiger partial charge in [0.2, 0.25) is 0 Å². The van der Waals surface area contributed by atoms with E-state index in [0.29, 0.717) is 5.56 Å². The number of nitrogens with zero attached hydrogens (tertiary/aromatic N) is 1. The van der Waals surface area contributed by atoms with Gasteiger partial charge in [-0.3, -0.25) is 4.79 Å². The first-order valence-electron chi connectivity index (χ1n) is 5.96. The second-order valence-corrected chi connectivity index (χ2v) is 6.59. The molecule has 0 radical (unpaired) electrons. The van der Waals surface area contributed by atoms with Gasteiger partial charge in [0.1, 0.15) is 5.01 Å². The molecule has 1 N–H and O–H groups in total. The van der Waals surface area contributed by atoms with Crippen LogP contribution in [0.25, 0.3) is 0 Å². The van der Waals surface area contributed by atoms with Crippen molar-refractivity contribution >= 4 is 33.2 Å². The van der Waals surface area contributed by atoms with Crippen molar-refractivity contribution in [3.8, 4) is 0 Å². The first-order chi connectivity index (χ1) is 8.97. The van der Waals surface area contributed by atoms with Gasteiger partial charge >= 0.3 is 0 Å². The third kappa shape index (κ3) is 3.42. The quantitative estimate of drug-likeness (QED) is 0.918. The fraction of sp³-hybridized carbons (Fsp3) is 0.286. The Balaban J connectivity index is 2.10. The largest absolute Gasteiger partial charge is 0.343 e. The molecule has 1 heterocycles. The van der Waals surface area contributed by atoms with Crippen molar-refractivity contribution in [3.05, 3.63) is 49.9 Å². The number of thiazole rings is 1. The van der Waals surface area contributed by atoms with Crippen LogP contribution < -0.4 is 5.32 Å². The lowest BCUT2D eigenvalue weighted by atomic mass is 10.1. The van der Waals surface area contributed by atoms with E-state index >= 15 is 0 Å². The van der Waals surface area contributed by atoms with E-state index in [1.165, 1.54) is 0 Å². The molecule has 0 saturated heterocycles. The average molecular weight is 339 g/mol. The molecule has 100 valence electrons. The van der Waals surface area contributed by atoms with E-state index < -0.39 is 0 Å². The van der Waals surface area contributed by atoms with Crippen LogP contribution in [0.1, 0.15) is 38.8 Å². The van der Waals surface area contributed by atoms with E-state index in [2.05, 4.69) is 26.2 Å². The minimum atomic E-state index is -0.0739. The molecule has 19 heavy (non-hydrogen) atoms. The summed E-state index contributed by atoms with van der Waals surface area (Å²) in [7, 11) is 0. The summed E-state index contributed by atoms with van der Waals surface area (Å²) >= 11 is 5.03. The lowest BCUT2D eigenvalue weighted by Crippen LogP contribution is -2.26. The summed E-state index contributed by atoms with van der Waals surface area (Å²) < 4.78 is 1.01. The van der Waals surface area contributed by atoms with Crippen LogP contribution in [0.3, 0.4) is 0 Å². The van der Waals surface area contributed by atoms with Crippen molar-refractivity contribution < 1.29 is 4.79 Å². The first kappa shape index (κ1) is 14.2. The molecule has 0 bridgehead atoms. The number of aryl methyl sites for hydroxylation is 2. The van der Waals surface area contributed by atoms with Gasteiger partial charge in [0.15, 0.2) is 0 Å². The van der Waals surface area contributed by atoms with Gasteiger partial charge in [-0.1, -0.05) is 15.9 Å². The van der Waals surface area contributed by atoms with E-state index in [0.717, 1.165) is 19.9 Å². The Morgan fingerprint density at radius 1 is 1.42 bits per heavy atom. The molecular weight excluding hydrogens is 324 g/mol. The summed E-state index contributed by atoms with van der Waals surface area (Å²) in [6.45, 7) is 5.92. The Bertz CT molecular complexity index is 609. The third-order valence-electron chi connectivity index (χ3n) is 2.78. The Labute approximate surface area is 125 Å². The second-order valence-electron chi connectivity index (χ2n) is 4.47. The van der Waals surface area contributed by atoms with E-state index in [4.69, 9.17) is 0 Å². The SMILES string of the molecule is Cc1cnc(C(C)NC(=O)c2ccc(Br)c(C)c2)s1. The zero-order valence-corrected chi connectivity index (χ0v) is 13.4. The predicted molar refractivity (Wildman–Crippen MR) is 81.6 cm³/mol. The lowest BCUT2D eigenvalue weighted by Gasteiger charge is -2.11. The first-order valence-corrected chi connectivity index (χ1v) is 7.57. The summed E-state index contributed by atoms with van der Waals surface area (Å²) in [4.78, 5) is 17.6. The van der Waals surface area contributed by atoms with Gasteiger partial charge in [-0.05, 0) is 44.5 Å². The zero-order valence-electron chi connectivity index (χ0n) is 11.0. The summed E-state index contributed by atoms with van der Waals surface area (Å²) in [5.41, 5.74) is 1.71. The highest BCUT2D eigenvalue weighted by atomic mass is 79.9. The highest BCUT2D eigenvalue weighted by Crippen LogP contribution is 2.20. The highest BCUT2D eigenvalue weighted by Gasteiger charge is 2.14. The Hall–Kier alpha value is -1.20. The number of halogens is 1. The molecule has 1 aromatic heterocycles. The highest BCUT2D eigenvalue weighted by molar-refractivity contribution is 9.10. The van der Waals surface area contributed by atoms with Crippen LogP contribution in [0.15, 0.2) is 28.9 Å². The Morgan fingerprint density at radius 2 is 2.16 bits per heavy atom. The molecule has 1 aromatic carbocycles. The van der Waals surface area contributed by atoms with Crippen LogP contribution >= 0.6 is 27.3 Å². The van der Waals surface area contributed by atoms with Crippen LogP contribution in [0.2, 0.25) is 0 Å². The van der Waals surface area contributed by atoms with Gasteiger partial charge in [0.05, 0.1) is 6.04 Å². The van der Waals surface area contributed by atoms with E-state index in [1.54, 1.807) is 11.3 Å². The van der Waals surface area contributed by atoms with Crippen molar-refractivity contribution in [1.29, 1.82) is 0 Å². The molecule has 2 aromatic rings. The number of carbonyl (C=O) groups excluding carboxylic acids is 1. The maximum atomic E-state index is 12.1. The third-order valence-corrected chi connectivity index (χ3v) is 4.76. The predicted octanol–water partition coefficient (Wildman–Crippen LogP) is 4.01. The standard InChI is InChI=1S/C14H15BrN2OS/c1-8-6-11(4-5-12(8)15)13(18)17-10(3)14-16-7-9(2)19-14/h4-7,10H,1-3H3,(H,17,18). The van der Waals surface area contributed by atoms with Crippen LogP contribution in [-0.4, -0.2) is 10.9 Å². The van der Waals surface area contributed by atoms with Crippen molar-refractivity contribution in [2.75, 3.05) is 0 Å². The molecule has 0 aliphatic heterocycles. The van der Waals surface area contributed by atoms with Crippen molar-refractivity contribution in [1.82, 2.24) is 10.3 Å². The average Bonchev–Trinajstić information content (AvgIpc) is 2.79. The van der Waals surface area contributed by atoms with Crippen molar-refractivity contribution in [2.45, 2.75) is 26.8 Å². The van der Waals surface area contributed by atoms with Gasteiger partial charge in [-0.25, -0.2) is 4.98 Å². The molecule has 1 amide bonds. The Kier molecular flexibility index (Phi) is 4.37. The van der Waals surface area contributed by atoms with Crippen LogP contribution in [0.5, 0.6) is 0 Å². The number of amides is 1. The molecule has 3 nitrogen and oxygen atoms in total. The molecule has 0 fully saturated rings. The zero-order chi connectivity index (χ0) is 14.0. The number of benzene rings is 1. The number of carbonyl (C=O) groups is 1. The summed E-state index contributed by atoms with van der Waals surface area (Å²) in [5, 5.41) is 3.90. The number of aromatic nitrogens is 1. The maximum Gasteiger partial charge on any atom is 0.251 e. The van der Waals surface area contributed by atoms with Gasteiger partial charge in [0, 0.05) is 21.1 Å². The fourth-order valence-corrected chi connectivity index (χ4v) is 2.72. The molecule has 0 spiro atoms. The molecule has 1 unspecified atom stereocenters. The minimum absolute atomic E-state index is 0.0732. The lowest BCUT2D eigenvalue weighted by molar-refractivity contribution is 0.0939. The van der Waals surface area contributed by atoms with Crippen molar-refractivity contribution in [2.24, 2.45) is 0 Å². The molecular formula is C14H15BrN2OS.